The lowest BCUT2D eigenvalue weighted by atomic mass is 9.99. The highest BCUT2D eigenvalue weighted by molar-refractivity contribution is 5.76. The maximum atomic E-state index is 11.6. The molecule has 1 aromatic carbocycles. The fourth-order valence-electron chi connectivity index (χ4n) is 2.32. The van der Waals surface area contributed by atoms with Gasteiger partial charge in [-0.05, 0) is 25.3 Å². The molecule has 0 aromatic heterocycles. The largest absolute Gasteiger partial charge is 0.396 e. The molecule has 1 aliphatic heterocycles. The number of carbonyl (C=O) groups is 1. The Hall–Kier alpha value is -1.61. The molecule has 1 heterocycles. The molecule has 102 valence electrons. The van der Waals surface area contributed by atoms with E-state index in [0.29, 0.717) is 6.54 Å². The first-order chi connectivity index (χ1) is 9.19. The van der Waals surface area contributed by atoms with Crippen molar-refractivity contribution in [3.8, 4) is 0 Å². The zero-order chi connectivity index (χ0) is 13.7. The number of carbonyl (C=O) groups excluding carboxylic acids is 1. The molecule has 0 saturated heterocycles. The Kier molecular flexibility index (Phi) is 4.74. The van der Waals surface area contributed by atoms with Gasteiger partial charge in [0.25, 0.3) is 0 Å². The number of benzene rings is 1. The van der Waals surface area contributed by atoms with Gasteiger partial charge in [0.2, 0.25) is 5.91 Å². The summed E-state index contributed by atoms with van der Waals surface area (Å²) in [6, 6.07) is 8.60. The summed E-state index contributed by atoms with van der Waals surface area (Å²) in [5.41, 5.74) is 4.01. The van der Waals surface area contributed by atoms with Gasteiger partial charge in [0.15, 0.2) is 0 Å². The lowest BCUT2D eigenvalue weighted by Crippen LogP contribution is -2.35. The van der Waals surface area contributed by atoms with E-state index >= 15 is 0 Å². The van der Waals surface area contributed by atoms with Crippen molar-refractivity contribution in [1.82, 2.24) is 4.90 Å². The van der Waals surface area contributed by atoms with E-state index in [1.807, 2.05) is 4.90 Å². The van der Waals surface area contributed by atoms with E-state index < -0.39 is 0 Å². The summed E-state index contributed by atoms with van der Waals surface area (Å²) >= 11 is 0. The van der Waals surface area contributed by atoms with Gasteiger partial charge < -0.3 is 10.0 Å². The molecule has 0 fully saturated rings. The fraction of sp³-hybridized carbons (Fsp3) is 0.438. The smallest absolute Gasteiger partial charge is 0.225 e. The van der Waals surface area contributed by atoms with Gasteiger partial charge in [-0.3, -0.25) is 4.79 Å². The molecule has 1 N–H and O–H groups in total. The van der Waals surface area contributed by atoms with E-state index in [-0.39, 0.29) is 18.9 Å². The average molecular weight is 259 g/mol. The van der Waals surface area contributed by atoms with Crippen molar-refractivity contribution in [2.45, 2.75) is 26.2 Å². The van der Waals surface area contributed by atoms with E-state index in [1.54, 1.807) is 0 Å². The van der Waals surface area contributed by atoms with Crippen LogP contribution in [0.2, 0.25) is 0 Å². The van der Waals surface area contributed by atoms with Crippen LogP contribution in [-0.4, -0.2) is 35.6 Å². The Morgan fingerprint density at radius 2 is 2.05 bits per heavy atom. The van der Waals surface area contributed by atoms with E-state index in [4.69, 9.17) is 5.11 Å². The number of hydrogen-bond acceptors (Lipinski definition) is 2. The minimum absolute atomic E-state index is 0.0492. The summed E-state index contributed by atoms with van der Waals surface area (Å²) < 4.78 is 0. The SMILES string of the molecule is Cc1ccc(CC2=CCN(C(=O)CCO)CC2)cc1. The van der Waals surface area contributed by atoms with Gasteiger partial charge in [0.05, 0.1) is 6.61 Å². The second kappa shape index (κ2) is 6.53. The van der Waals surface area contributed by atoms with E-state index in [2.05, 4.69) is 37.3 Å². The number of nitrogens with zero attached hydrogens (tertiary/aromatic N) is 1. The minimum atomic E-state index is -0.0602. The second-order valence-corrected chi connectivity index (χ2v) is 5.09. The molecule has 0 radical (unpaired) electrons. The lowest BCUT2D eigenvalue weighted by molar-refractivity contribution is -0.131. The molecule has 3 heteroatoms. The highest BCUT2D eigenvalue weighted by Crippen LogP contribution is 2.17. The van der Waals surface area contributed by atoms with Crippen LogP contribution in [0.5, 0.6) is 0 Å². The number of aliphatic hydroxyl groups is 1. The molecule has 2 rings (SSSR count). The minimum Gasteiger partial charge on any atom is -0.396 e. The standard InChI is InChI=1S/C16H21NO2/c1-13-2-4-14(5-3-13)12-15-6-9-17(10-7-15)16(19)8-11-18/h2-6,18H,7-12H2,1H3. The Labute approximate surface area is 114 Å². The first-order valence-corrected chi connectivity index (χ1v) is 6.81. The van der Waals surface area contributed by atoms with Crippen LogP contribution in [0.3, 0.4) is 0 Å². The van der Waals surface area contributed by atoms with Crippen LogP contribution in [0.15, 0.2) is 35.9 Å². The van der Waals surface area contributed by atoms with Gasteiger partial charge in [-0.15, -0.1) is 0 Å². The van der Waals surface area contributed by atoms with Crippen LogP contribution in [0, 0.1) is 6.92 Å². The number of aliphatic hydroxyl groups excluding tert-OH is 1. The van der Waals surface area contributed by atoms with Crippen LogP contribution in [0.25, 0.3) is 0 Å². The average Bonchev–Trinajstić information content (AvgIpc) is 2.42. The van der Waals surface area contributed by atoms with Crippen LogP contribution in [0.1, 0.15) is 24.0 Å². The van der Waals surface area contributed by atoms with Crippen molar-refractivity contribution in [2.75, 3.05) is 19.7 Å². The third kappa shape index (κ3) is 3.93. The molecular weight excluding hydrogens is 238 g/mol. The van der Waals surface area contributed by atoms with Crippen molar-refractivity contribution in [1.29, 1.82) is 0 Å². The summed E-state index contributed by atoms with van der Waals surface area (Å²) in [5, 5.41) is 8.77. The molecular formula is C16H21NO2. The number of aryl methyl sites for hydroxylation is 1. The molecule has 0 spiro atoms. The summed E-state index contributed by atoms with van der Waals surface area (Å²) in [6.45, 7) is 3.49. The third-order valence-corrected chi connectivity index (χ3v) is 3.53. The topological polar surface area (TPSA) is 40.5 Å². The summed E-state index contributed by atoms with van der Waals surface area (Å²) in [6.07, 6.45) is 4.30. The molecule has 0 unspecified atom stereocenters. The molecule has 0 aliphatic carbocycles. The molecule has 1 aliphatic rings. The quantitative estimate of drug-likeness (QED) is 0.841. The monoisotopic (exact) mass is 259 g/mol. The molecule has 19 heavy (non-hydrogen) atoms. The first kappa shape index (κ1) is 13.8. The van der Waals surface area contributed by atoms with Crippen molar-refractivity contribution in [3.05, 3.63) is 47.0 Å². The van der Waals surface area contributed by atoms with Gasteiger partial charge in [-0.1, -0.05) is 41.5 Å². The lowest BCUT2D eigenvalue weighted by Gasteiger charge is -2.26. The molecule has 1 amide bonds. The fourth-order valence-corrected chi connectivity index (χ4v) is 2.32. The summed E-state index contributed by atoms with van der Waals surface area (Å²) in [4.78, 5) is 13.5. The van der Waals surface area contributed by atoms with Gasteiger partial charge in [0.1, 0.15) is 0 Å². The highest BCUT2D eigenvalue weighted by Gasteiger charge is 2.16. The normalized spacial score (nSPS) is 15.3. The van der Waals surface area contributed by atoms with Crippen molar-refractivity contribution in [2.24, 2.45) is 0 Å². The second-order valence-electron chi connectivity index (χ2n) is 5.09. The zero-order valence-electron chi connectivity index (χ0n) is 11.4. The number of hydrogen-bond donors (Lipinski definition) is 1. The first-order valence-electron chi connectivity index (χ1n) is 6.81. The number of rotatable bonds is 4. The molecule has 0 bridgehead atoms. The van der Waals surface area contributed by atoms with E-state index in [0.717, 1.165) is 19.4 Å². The maximum absolute atomic E-state index is 11.6. The third-order valence-electron chi connectivity index (χ3n) is 3.53. The van der Waals surface area contributed by atoms with Gasteiger partial charge >= 0.3 is 0 Å². The Morgan fingerprint density at radius 3 is 2.63 bits per heavy atom. The predicted octanol–water partition coefficient (Wildman–Crippen LogP) is 2.08. The van der Waals surface area contributed by atoms with Crippen LogP contribution < -0.4 is 0 Å². The van der Waals surface area contributed by atoms with Gasteiger partial charge in [-0.25, -0.2) is 0 Å². The molecule has 3 nitrogen and oxygen atoms in total. The zero-order valence-corrected chi connectivity index (χ0v) is 11.4. The van der Waals surface area contributed by atoms with Crippen LogP contribution in [-0.2, 0) is 11.2 Å². The van der Waals surface area contributed by atoms with E-state index in [1.165, 1.54) is 16.7 Å². The predicted molar refractivity (Wildman–Crippen MR) is 75.9 cm³/mol. The van der Waals surface area contributed by atoms with Gasteiger partial charge in [0, 0.05) is 19.5 Å². The molecule has 1 aromatic rings. The van der Waals surface area contributed by atoms with Crippen molar-refractivity contribution in [3.63, 3.8) is 0 Å². The Balaban J connectivity index is 1.90. The summed E-state index contributed by atoms with van der Waals surface area (Å²) in [7, 11) is 0. The van der Waals surface area contributed by atoms with Gasteiger partial charge in [-0.2, -0.15) is 0 Å². The van der Waals surface area contributed by atoms with E-state index in [9.17, 15) is 4.79 Å². The molecule has 0 atom stereocenters. The summed E-state index contributed by atoms with van der Waals surface area (Å²) in [5.74, 6) is 0.0492. The van der Waals surface area contributed by atoms with Crippen molar-refractivity contribution >= 4 is 5.91 Å². The Morgan fingerprint density at radius 1 is 1.32 bits per heavy atom. The van der Waals surface area contributed by atoms with Crippen LogP contribution in [0.4, 0.5) is 0 Å². The van der Waals surface area contributed by atoms with Crippen molar-refractivity contribution < 1.29 is 9.90 Å². The molecule has 0 saturated carbocycles. The number of amides is 1. The highest BCUT2D eigenvalue weighted by atomic mass is 16.3. The Bertz CT molecular complexity index is 462. The maximum Gasteiger partial charge on any atom is 0.225 e. The van der Waals surface area contributed by atoms with Crippen LogP contribution >= 0.6 is 0 Å².